The van der Waals surface area contributed by atoms with Crippen LogP contribution < -0.4 is 4.74 Å². The van der Waals surface area contributed by atoms with Crippen LogP contribution in [0.25, 0.3) is 0 Å². The Balaban J connectivity index is 2.31. The summed E-state index contributed by atoms with van der Waals surface area (Å²) in [5.41, 5.74) is 0.824. The van der Waals surface area contributed by atoms with Crippen molar-refractivity contribution in [2.45, 2.75) is 6.92 Å². The zero-order valence-corrected chi connectivity index (χ0v) is 11.1. The number of hydrogen-bond donors (Lipinski definition) is 0. The highest BCUT2D eigenvalue weighted by Crippen LogP contribution is 2.34. The molecule has 0 spiro atoms. The number of ether oxygens (including phenoxy) is 1. The number of rotatable bonds is 2. The van der Waals surface area contributed by atoms with Crippen LogP contribution in [0.15, 0.2) is 30.3 Å². The highest BCUT2D eigenvalue weighted by atomic mass is 35.5. The lowest BCUT2D eigenvalue weighted by atomic mass is 10.3. The molecule has 0 amide bonds. The number of pyridine rings is 1. The van der Waals surface area contributed by atoms with Gasteiger partial charge < -0.3 is 4.74 Å². The van der Waals surface area contributed by atoms with Gasteiger partial charge in [0.1, 0.15) is 5.75 Å². The molecule has 5 heteroatoms. The van der Waals surface area contributed by atoms with Gasteiger partial charge in [0.2, 0.25) is 0 Å². The monoisotopic (exact) mass is 287 g/mol. The van der Waals surface area contributed by atoms with Crippen molar-refractivity contribution in [2.24, 2.45) is 0 Å². The summed E-state index contributed by atoms with van der Waals surface area (Å²) in [4.78, 5) is 4.09. The van der Waals surface area contributed by atoms with Crippen LogP contribution in [0.5, 0.6) is 11.5 Å². The quantitative estimate of drug-likeness (QED) is 0.714. The summed E-state index contributed by atoms with van der Waals surface area (Å²) in [5, 5.41) is 1.28. The molecule has 0 aliphatic heterocycles. The molecule has 1 heterocycles. The van der Waals surface area contributed by atoms with Gasteiger partial charge in [0.05, 0.1) is 5.02 Å². The molecule has 0 aliphatic carbocycles. The van der Waals surface area contributed by atoms with E-state index in [4.69, 9.17) is 39.5 Å². The smallest absolute Gasteiger partial charge is 0.171 e. The summed E-state index contributed by atoms with van der Waals surface area (Å²) in [5.74, 6) is 0.949. The fourth-order valence-corrected chi connectivity index (χ4v) is 1.95. The van der Waals surface area contributed by atoms with E-state index in [1.165, 1.54) is 0 Å². The van der Waals surface area contributed by atoms with Gasteiger partial charge in [0, 0.05) is 10.7 Å². The second kappa shape index (κ2) is 5.13. The molecule has 0 fully saturated rings. The van der Waals surface area contributed by atoms with Crippen molar-refractivity contribution in [3.63, 3.8) is 0 Å². The normalized spacial score (nSPS) is 10.4. The first-order chi connectivity index (χ1) is 8.06. The minimum absolute atomic E-state index is 0.302. The molecule has 0 saturated heterocycles. The number of nitrogens with zero attached hydrogens (tertiary/aromatic N) is 1. The van der Waals surface area contributed by atoms with Crippen LogP contribution in [-0.2, 0) is 0 Å². The molecular formula is C12H8Cl3NO. The zero-order valence-electron chi connectivity index (χ0n) is 8.88. The van der Waals surface area contributed by atoms with Crippen molar-refractivity contribution in [3.8, 4) is 11.5 Å². The van der Waals surface area contributed by atoms with Gasteiger partial charge >= 0.3 is 0 Å². The molecule has 0 N–H and O–H groups in total. The molecule has 0 bridgehead atoms. The molecule has 2 aromatic rings. The van der Waals surface area contributed by atoms with Crippen LogP contribution in [0.4, 0.5) is 0 Å². The highest BCUT2D eigenvalue weighted by Gasteiger charge is 2.08. The number of halogens is 3. The van der Waals surface area contributed by atoms with E-state index in [0.717, 1.165) is 5.69 Å². The van der Waals surface area contributed by atoms with Gasteiger partial charge in [-0.1, -0.05) is 34.8 Å². The lowest BCUT2D eigenvalue weighted by Gasteiger charge is -2.09. The lowest BCUT2D eigenvalue weighted by molar-refractivity contribution is 0.480. The Hall–Kier alpha value is -0.960. The third-order valence-electron chi connectivity index (χ3n) is 2.07. The summed E-state index contributed by atoms with van der Waals surface area (Å²) in [6, 6.07) is 8.54. The summed E-state index contributed by atoms with van der Waals surface area (Å²) in [6.45, 7) is 1.85. The van der Waals surface area contributed by atoms with E-state index in [1.807, 2.05) is 13.0 Å². The minimum Gasteiger partial charge on any atom is -0.453 e. The maximum atomic E-state index is 5.99. The van der Waals surface area contributed by atoms with Crippen molar-refractivity contribution in [1.82, 2.24) is 4.98 Å². The van der Waals surface area contributed by atoms with E-state index in [1.54, 1.807) is 24.3 Å². The van der Waals surface area contributed by atoms with Gasteiger partial charge in [0.15, 0.2) is 10.9 Å². The first kappa shape index (κ1) is 12.5. The Kier molecular flexibility index (Phi) is 3.77. The SMILES string of the molecule is Cc1ccc(Oc2ccc(Cl)cc2Cl)c(Cl)n1. The van der Waals surface area contributed by atoms with Crippen molar-refractivity contribution < 1.29 is 4.74 Å². The average Bonchev–Trinajstić information content (AvgIpc) is 2.25. The summed E-state index contributed by atoms with van der Waals surface area (Å²) in [6.07, 6.45) is 0. The van der Waals surface area contributed by atoms with Gasteiger partial charge in [-0.05, 0) is 37.3 Å². The van der Waals surface area contributed by atoms with E-state index < -0.39 is 0 Å². The van der Waals surface area contributed by atoms with Crippen molar-refractivity contribution in [1.29, 1.82) is 0 Å². The molecular weight excluding hydrogens is 280 g/mol. The Morgan fingerprint density at radius 2 is 1.71 bits per heavy atom. The summed E-state index contributed by atoms with van der Waals surface area (Å²) < 4.78 is 5.56. The fourth-order valence-electron chi connectivity index (χ4n) is 1.26. The highest BCUT2D eigenvalue weighted by molar-refractivity contribution is 6.35. The van der Waals surface area contributed by atoms with Crippen LogP contribution in [0, 0.1) is 6.92 Å². The van der Waals surface area contributed by atoms with Gasteiger partial charge in [-0.2, -0.15) is 0 Å². The first-order valence-corrected chi connectivity index (χ1v) is 5.96. The Bertz CT molecular complexity index is 508. The maximum Gasteiger partial charge on any atom is 0.171 e. The average molecular weight is 289 g/mol. The largest absolute Gasteiger partial charge is 0.453 e. The van der Waals surface area contributed by atoms with Crippen molar-refractivity contribution >= 4 is 34.8 Å². The summed E-state index contributed by atoms with van der Waals surface area (Å²) >= 11 is 17.7. The van der Waals surface area contributed by atoms with Gasteiger partial charge in [-0.25, -0.2) is 4.98 Å². The molecule has 0 radical (unpaired) electrons. The van der Waals surface area contributed by atoms with E-state index in [9.17, 15) is 0 Å². The van der Waals surface area contributed by atoms with Crippen molar-refractivity contribution in [3.05, 3.63) is 51.2 Å². The van der Waals surface area contributed by atoms with E-state index >= 15 is 0 Å². The molecule has 2 rings (SSSR count). The van der Waals surface area contributed by atoms with Crippen LogP contribution in [0.3, 0.4) is 0 Å². The topological polar surface area (TPSA) is 22.1 Å². The molecule has 17 heavy (non-hydrogen) atoms. The maximum absolute atomic E-state index is 5.99. The third-order valence-corrected chi connectivity index (χ3v) is 2.87. The molecule has 2 nitrogen and oxygen atoms in total. The molecule has 1 aromatic heterocycles. The molecule has 88 valence electrons. The standard InChI is InChI=1S/C12H8Cl3NO/c1-7-2-4-11(12(15)16-7)17-10-5-3-8(13)6-9(10)14/h2-6H,1H3. The van der Waals surface area contributed by atoms with E-state index in [0.29, 0.717) is 26.7 Å². The molecule has 0 aliphatic rings. The Morgan fingerprint density at radius 1 is 1.00 bits per heavy atom. The van der Waals surface area contributed by atoms with Crippen molar-refractivity contribution in [2.75, 3.05) is 0 Å². The Morgan fingerprint density at radius 3 is 2.35 bits per heavy atom. The predicted molar refractivity (Wildman–Crippen MR) is 70.5 cm³/mol. The van der Waals surface area contributed by atoms with E-state index in [-0.39, 0.29) is 0 Å². The van der Waals surface area contributed by atoms with Gasteiger partial charge in [0.25, 0.3) is 0 Å². The Labute approximate surface area is 114 Å². The molecule has 0 unspecified atom stereocenters. The summed E-state index contributed by atoms with van der Waals surface area (Å²) in [7, 11) is 0. The van der Waals surface area contributed by atoms with E-state index in [2.05, 4.69) is 4.98 Å². The second-order valence-electron chi connectivity index (χ2n) is 3.42. The number of benzene rings is 1. The molecule has 1 aromatic carbocycles. The lowest BCUT2D eigenvalue weighted by Crippen LogP contribution is -1.89. The molecule has 0 atom stereocenters. The first-order valence-electron chi connectivity index (χ1n) is 4.82. The number of aromatic nitrogens is 1. The zero-order chi connectivity index (χ0) is 12.4. The predicted octanol–water partition coefficient (Wildman–Crippen LogP) is 5.14. The van der Waals surface area contributed by atoms with Crippen LogP contribution in [-0.4, -0.2) is 4.98 Å². The number of aryl methyl sites for hydroxylation is 1. The minimum atomic E-state index is 0.302. The van der Waals surface area contributed by atoms with Gasteiger partial charge in [-0.3, -0.25) is 0 Å². The third kappa shape index (κ3) is 3.03. The fraction of sp³-hybridized carbons (Fsp3) is 0.0833. The number of hydrogen-bond acceptors (Lipinski definition) is 2. The second-order valence-corrected chi connectivity index (χ2v) is 4.62. The van der Waals surface area contributed by atoms with Crippen LogP contribution >= 0.6 is 34.8 Å². The van der Waals surface area contributed by atoms with Gasteiger partial charge in [-0.15, -0.1) is 0 Å². The van der Waals surface area contributed by atoms with Crippen LogP contribution in [0.1, 0.15) is 5.69 Å². The van der Waals surface area contributed by atoms with Crippen LogP contribution in [0.2, 0.25) is 15.2 Å². The molecule has 0 saturated carbocycles.